The highest BCUT2D eigenvalue weighted by molar-refractivity contribution is 7.88. The van der Waals surface area contributed by atoms with Gasteiger partial charge in [0, 0.05) is 4.90 Å². The number of ether oxygens (including phenoxy) is 1. The van der Waals surface area contributed by atoms with Crippen LogP contribution in [0.1, 0.15) is 30.9 Å². The molecule has 26 heavy (non-hydrogen) atoms. The summed E-state index contributed by atoms with van der Waals surface area (Å²) in [5.41, 5.74) is 1.31. The lowest BCUT2D eigenvalue weighted by Crippen LogP contribution is -2.30. The fourth-order valence-electron chi connectivity index (χ4n) is 3.31. The molecule has 0 aliphatic heterocycles. The predicted molar refractivity (Wildman–Crippen MR) is 105 cm³/mol. The summed E-state index contributed by atoms with van der Waals surface area (Å²) in [6, 6.07) is 17.4. The third-order valence-electron chi connectivity index (χ3n) is 5.00. The van der Waals surface area contributed by atoms with Crippen LogP contribution in [0.4, 0.5) is 0 Å². The summed E-state index contributed by atoms with van der Waals surface area (Å²) < 4.78 is 17.3. The van der Waals surface area contributed by atoms with Crippen molar-refractivity contribution in [2.24, 2.45) is 5.41 Å². The average molecular weight is 391 g/mol. The molecule has 3 atom stereocenters. The van der Waals surface area contributed by atoms with Crippen molar-refractivity contribution in [3.8, 4) is 0 Å². The molecule has 0 radical (unpaired) electrons. The van der Waals surface area contributed by atoms with Gasteiger partial charge in [-0.1, -0.05) is 48.0 Å². The molecule has 138 valence electrons. The second-order valence-electron chi connectivity index (χ2n) is 6.78. The highest BCUT2D eigenvalue weighted by Crippen LogP contribution is 2.67. The largest absolute Gasteiger partial charge is 0.465 e. The van der Waals surface area contributed by atoms with Gasteiger partial charge in [-0.25, -0.2) is 0 Å². The van der Waals surface area contributed by atoms with Crippen LogP contribution in [0.25, 0.3) is 0 Å². The van der Waals surface area contributed by atoms with Gasteiger partial charge >= 0.3 is 5.97 Å². The number of hydrogen-bond acceptors (Lipinski definition) is 3. The summed E-state index contributed by atoms with van der Waals surface area (Å²) in [6.07, 6.45) is 1.59. The first-order chi connectivity index (χ1) is 12.4. The van der Waals surface area contributed by atoms with Crippen LogP contribution in [-0.4, -0.2) is 21.0 Å². The fourth-order valence-corrected chi connectivity index (χ4v) is 5.65. The predicted octanol–water partition coefficient (Wildman–Crippen LogP) is 4.62. The molecule has 0 bridgehead atoms. The van der Waals surface area contributed by atoms with E-state index in [1.165, 1.54) is 0 Å². The van der Waals surface area contributed by atoms with E-state index in [0.717, 1.165) is 11.1 Å². The zero-order chi connectivity index (χ0) is 18.8. The molecule has 2 aromatic carbocycles. The number of rotatable bonds is 7. The number of hydrogen-bond donors (Lipinski definition) is 0. The van der Waals surface area contributed by atoms with E-state index in [-0.39, 0.29) is 12.6 Å². The first-order valence-electron chi connectivity index (χ1n) is 8.81. The molecule has 1 aliphatic carbocycles. The lowest BCUT2D eigenvalue weighted by molar-refractivity contribution is -0.150. The molecule has 5 heteroatoms. The molecule has 3 rings (SSSR count). The molecule has 1 aliphatic rings. The molecule has 0 N–H and O–H groups in total. The second-order valence-corrected chi connectivity index (χ2v) is 9.35. The third kappa shape index (κ3) is 3.45. The minimum atomic E-state index is -1.48. The van der Waals surface area contributed by atoms with E-state index in [2.05, 4.69) is 0 Å². The molecule has 3 nitrogen and oxygen atoms in total. The highest BCUT2D eigenvalue weighted by atomic mass is 35.5. The van der Waals surface area contributed by atoms with Crippen LogP contribution >= 0.6 is 11.6 Å². The maximum atomic E-state index is 13.1. The maximum Gasteiger partial charge on any atom is 0.314 e. The summed E-state index contributed by atoms with van der Waals surface area (Å²) in [6.45, 7) is 4.04. The van der Waals surface area contributed by atoms with Crippen molar-refractivity contribution in [2.75, 3.05) is 6.61 Å². The Morgan fingerprint density at radius 2 is 1.81 bits per heavy atom. The van der Waals surface area contributed by atoms with Gasteiger partial charge < -0.3 is 4.74 Å². The van der Waals surface area contributed by atoms with Gasteiger partial charge in [0.15, 0.2) is 0 Å². The molecule has 0 amide bonds. The van der Waals surface area contributed by atoms with Gasteiger partial charge in [-0.3, -0.25) is 9.00 Å². The quantitative estimate of drug-likeness (QED) is 0.511. The minimum absolute atomic E-state index is 0.288. The number of carbonyl (C=O) groups is 1. The molecule has 0 spiro atoms. The van der Waals surface area contributed by atoms with Gasteiger partial charge in [-0.05, 0) is 50.8 Å². The number of alkyl halides is 1. The Labute approximate surface area is 162 Å². The van der Waals surface area contributed by atoms with Gasteiger partial charge in [0.05, 0.1) is 17.4 Å². The van der Waals surface area contributed by atoms with Gasteiger partial charge in [-0.15, -0.1) is 11.6 Å². The van der Waals surface area contributed by atoms with Gasteiger partial charge in [0.1, 0.15) is 9.62 Å². The first-order valence-corrected chi connectivity index (χ1v) is 10.3. The first kappa shape index (κ1) is 19.1. The van der Waals surface area contributed by atoms with Crippen molar-refractivity contribution in [1.82, 2.24) is 0 Å². The van der Waals surface area contributed by atoms with Crippen LogP contribution in [0.2, 0.25) is 0 Å². The number of carbonyl (C=O) groups excluding carboxylic acids is 1. The van der Waals surface area contributed by atoms with Crippen LogP contribution in [0.5, 0.6) is 0 Å². The van der Waals surface area contributed by atoms with E-state index in [0.29, 0.717) is 24.2 Å². The Kier molecular flexibility index (Phi) is 5.54. The number of aryl methyl sites for hydroxylation is 2. The number of esters is 1. The summed E-state index contributed by atoms with van der Waals surface area (Å²) >= 11 is 6.79. The molecule has 1 unspecified atom stereocenters. The summed E-state index contributed by atoms with van der Waals surface area (Å²) in [5.74, 6) is -0.341. The maximum absolute atomic E-state index is 13.1. The van der Waals surface area contributed by atoms with E-state index in [9.17, 15) is 9.00 Å². The molecule has 0 heterocycles. The minimum Gasteiger partial charge on any atom is -0.465 e. The fraction of sp³-hybridized carbons (Fsp3) is 0.381. The van der Waals surface area contributed by atoms with Crippen molar-refractivity contribution in [2.45, 2.75) is 42.2 Å². The number of halogens is 1. The van der Waals surface area contributed by atoms with Crippen molar-refractivity contribution in [3.63, 3.8) is 0 Å². The highest BCUT2D eigenvalue weighted by Gasteiger charge is 2.75. The third-order valence-corrected chi connectivity index (χ3v) is 7.74. The molecule has 0 saturated heterocycles. The number of benzene rings is 2. The van der Waals surface area contributed by atoms with Gasteiger partial charge in [0.25, 0.3) is 0 Å². The Bertz CT molecular complexity index is 806. The topological polar surface area (TPSA) is 43.4 Å². The lowest BCUT2D eigenvalue weighted by Gasteiger charge is -2.20. The van der Waals surface area contributed by atoms with E-state index in [4.69, 9.17) is 16.3 Å². The Morgan fingerprint density at radius 3 is 2.42 bits per heavy atom. The van der Waals surface area contributed by atoms with E-state index < -0.39 is 20.4 Å². The normalized spacial score (nSPS) is 25.5. The van der Waals surface area contributed by atoms with Gasteiger partial charge in [-0.2, -0.15) is 0 Å². The zero-order valence-electron chi connectivity index (χ0n) is 15.0. The van der Waals surface area contributed by atoms with E-state index in [1.807, 2.05) is 61.5 Å². The smallest absolute Gasteiger partial charge is 0.314 e. The van der Waals surface area contributed by atoms with Crippen LogP contribution < -0.4 is 0 Å². The van der Waals surface area contributed by atoms with Crippen molar-refractivity contribution >= 4 is 28.4 Å². The SMILES string of the molecule is CCOC(=O)[C@]1(CCc2ccccc2)C[C@]1(Cl)S(=O)c1ccc(C)cc1. The second kappa shape index (κ2) is 7.53. The molecule has 2 aromatic rings. The standard InChI is InChI=1S/C21H23ClO3S/c1-3-25-19(23)20(14-13-17-7-5-4-6-8-17)15-21(20,22)26(24)18-11-9-16(2)10-12-18/h4-12H,3,13-15H2,1-2H3/t20-,21-,26?/m0/s1. The lowest BCUT2D eigenvalue weighted by atomic mass is 9.97. The van der Waals surface area contributed by atoms with Crippen molar-refractivity contribution in [1.29, 1.82) is 0 Å². The van der Waals surface area contributed by atoms with Crippen molar-refractivity contribution < 1.29 is 13.7 Å². The van der Waals surface area contributed by atoms with Crippen LogP contribution in [0, 0.1) is 12.3 Å². The monoisotopic (exact) mass is 390 g/mol. The molecule has 0 aromatic heterocycles. The summed E-state index contributed by atoms with van der Waals surface area (Å²) in [5, 5.41) is 0. The van der Waals surface area contributed by atoms with Crippen LogP contribution in [0.3, 0.4) is 0 Å². The average Bonchev–Trinajstić information content (AvgIpc) is 3.28. The zero-order valence-corrected chi connectivity index (χ0v) is 16.6. The van der Waals surface area contributed by atoms with Crippen molar-refractivity contribution in [3.05, 3.63) is 65.7 Å². The van der Waals surface area contributed by atoms with Crippen LogP contribution in [0.15, 0.2) is 59.5 Å². The Balaban J connectivity index is 1.84. The molecular formula is C21H23ClO3S. The Hall–Kier alpha value is -1.65. The van der Waals surface area contributed by atoms with Gasteiger partial charge in [0.2, 0.25) is 0 Å². The molecular weight excluding hydrogens is 368 g/mol. The summed E-state index contributed by atoms with van der Waals surface area (Å²) in [7, 11) is -1.48. The Morgan fingerprint density at radius 1 is 1.15 bits per heavy atom. The van der Waals surface area contributed by atoms with E-state index in [1.54, 1.807) is 6.92 Å². The summed E-state index contributed by atoms with van der Waals surface area (Å²) in [4.78, 5) is 13.4. The molecule has 1 fully saturated rings. The van der Waals surface area contributed by atoms with E-state index >= 15 is 0 Å². The molecule has 1 saturated carbocycles. The van der Waals surface area contributed by atoms with Crippen LogP contribution in [-0.2, 0) is 26.8 Å².